The lowest BCUT2D eigenvalue weighted by Gasteiger charge is -2.40. The highest BCUT2D eigenvalue weighted by molar-refractivity contribution is 7.99. The zero-order valence-corrected chi connectivity index (χ0v) is 36.1. The number of benzene rings is 10. The fourth-order valence-electron chi connectivity index (χ4n) is 11.9. The van der Waals surface area contributed by atoms with Crippen LogP contribution in [0, 0.1) is 0 Å². The molecule has 2 aliphatic heterocycles. The summed E-state index contributed by atoms with van der Waals surface area (Å²) < 4.78 is 6.71. The molecule has 304 valence electrons. The molecule has 3 heteroatoms. The normalized spacial score (nSPS) is 14.5. The molecule has 0 atom stereocenters. The van der Waals surface area contributed by atoms with Crippen molar-refractivity contribution in [3.63, 3.8) is 0 Å². The highest BCUT2D eigenvalue weighted by Crippen LogP contribution is 2.66. The van der Waals surface area contributed by atoms with E-state index in [0.717, 1.165) is 39.7 Å². The molecule has 14 rings (SSSR count). The summed E-state index contributed by atoms with van der Waals surface area (Å²) in [5.74, 6) is 1.78. The quantitative estimate of drug-likeness (QED) is 0.175. The summed E-state index contributed by atoms with van der Waals surface area (Å²) in [5.41, 5.74) is 19.9. The molecule has 0 N–H and O–H groups in total. The van der Waals surface area contributed by atoms with Crippen molar-refractivity contribution < 1.29 is 4.74 Å². The van der Waals surface area contributed by atoms with Gasteiger partial charge in [0.25, 0.3) is 0 Å². The summed E-state index contributed by atoms with van der Waals surface area (Å²) >= 11 is 1.89. The van der Waals surface area contributed by atoms with E-state index in [4.69, 9.17) is 4.74 Å². The molecule has 0 saturated carbocycles. The lowest BCUT2D eigenvalue weighted by Crippen LogP contribution is -2.32. The van der Waals surface area contributed by atoms with E-state index in [1.807, 2.05) is 11.8 Å². The molecule has 65 heavy (non-hydrogen) atoms. The van der Waals surface area contributed by atoms with Gasteiger partial charge in [-0.25, -0.2) is 0 Å². The van der Waals surface area contributed by atoms with Crippen LogP contribution >= 0.6 is 11.8 Å². The molecule has 0 bridgehead atoms. The Morgan fingerprint density at radius 2 is 0.800 bits per heavy atom. The van der Waals surface area contributed by atoms with Crippen molar-refractivity contribution in [2.75, 3.05) is 4.90 Å². The lowest BCUT2D eigenvalue weighted by atomic mass is 9.66. The van der Waals surface area contributed by atoms with Gasteiger partial charge in [0.15, 0.2) is 0 Å². The zero-order chi connectivity index (χ0) is 42.7. The molecule has 10 aromatic rings. The molecule has 10 aromatic carbocycles. The van der Waals surface area contributed by atoms with Crippen molar-refractivity contribution in [3.8, 4) is 44.9 Å². The van der Waals surface area contributed by atoms with Crippen LogP contribution in [0.3, 0.4) is 0 Å². The third kappa shape index (κ3) is 4.91. The molecule has 2 aliphatic carbocycles. The first-order chi connectivity index (χ1) is 32.2. The summed E-state index contributed by atoms with van der Waals surface area (Å²) in [5, 5.41) is 0. The molecule has 2 spiro atoms. The van der Waals surface area contributed by atoms with Gasteiger partial charge in [0, 0.05) is 37.9 Å². The van der Waals surface area contributed by atoms with Crippen molar-refractivity contribution >= 4 is 28.8 Å². The van der Waals surface area contributed by atoms with E-state index in [0.29, 0.717) is 0 Å². The Bertz CT molecular complexity index is 3480. The Kier molecular flexibility index (Phi) is 7.79. The van der Waals surface area contributed by atoms with E-state index in [1.165, 1.54) is 76.6 Å². The van der Waals surface area contributed by atoms with Crippen molar-refractivity contribution in [1.29, 1.82) is 0 Å². The summed E-state index contributed by atoms with van der Waals surface area (Å²) in [4.78, 5) is 5.12. The van der Waals surface area contributed by atoms with Gasteiger partial charge in [0.2, 0.25) is 0 Å². The third-order valence-corrected chi connectivity index (χ3v) is 15.6. The van der Waals surface area contributed by atoms with Crippen molar-refractivity contribution in [2.24, 2.45) is 0 Å². The molecule has 0 saturated heterocycles. The van der Waals surface area contributed by atoms with Gasteiger partial charge in [0.1, 0.15) is 11.5 Å². The van der Waals surface area contributed by atoms with Gasteiger partial charge in [0.05, 0.1) is 16.5 Å². The van der Waals surface area contributed by atoms with Crippen LogP contribution in [0.15, 0.2) is 246 Å². The summed E-state index contributed by atoms with van der Waals surface area (Å²) in [6.45, 7) is 0. The topological polar surface area (TPSA) is 12.5 Å². The second-order valence-electron chi connectivity index (χ2n) is 17.5. The van der Waals surface area contributed by atoms with Gasteiger partial charge in [-0.05, 0) is 116 Å². The van der Waals surface area contributed by atoms with Crippen LogP contribution in [0.2, 0.25) is 0 Å². The van der Waals surface area contributed by atoms with Crippen molar-refractivity contribution in [3.05, 3.63) is 281 Å². The molecule has 0 unspecified atom stereocenters. The molecular formula is C62H39NOS. The van der Waals surface area contributed by atoms with Crippen molar-refractivity contribution in [1.82, 2.24) is 0 Å². The number of hydrogen-bond acceptors (Lipinski definition) is 3. The minimum atomic E-state index is -0.584. The first-order valence-electron chi connectivity index (χ1n) is 22.4. The van der Waals surface area contributed by atoms with Gasteiger partial charge in [-0.3, -0.25) is 0 Å². The molecule has 0 radical (unpaired) electrons. The van der Waals surface area contributed by atoms with E-state index in [2.05, 4.69) is 241 Å². The fourth-order valence-corrected chi connectivity index (χ4v) is 13.1. The molecular weight excluding hydrogens is 807 g/mol. The van der Waals surface area contributed by atoms with Crippen LogP contribution in [-0.2, 0) is 10.8 Å². The maximum Gasteiger partial charge on any atom is 0.132 e. The van der Waals surface area contributed by atoms with E-state index in [9.17, 15) is 0 Å². The highest BCUT2D eigenvalue weighted by atomic mass is 32.2. The number of nitrogens with zero attached hydrogens (tertiary/aromatic N) is 1. The fraction of sp³-hybridized carbons (Fsp3) is 0.0323. The second kappa shape index (κ2) is 13.8. The number of para-hydroxylation sites is 2. The largest absolute Gasteiger partial charge is 0.457 e. The van der Waals surface area contributed by atoms with Gasteiger partial charge in [-0.15, -0.1) is 0 Å². The predicted molar refractivity (Wildman–Crippen MR) is 265 cm³/mol. The van der Waals surface area contributed by atoms with Gasteiger partial charge < -0.3 is 9.64 Å². The molecule has 0 amide bonds. The van der Waals surface area contributed by atoms with Crippen LogP contribution in [0.4, 0.5) is 17.1 Å². The molecule has 2 heterocycles. The summed E-state index contributed by atoms with van der Waals surface area (Å²) in [6.07, 6.45) is 0. The zero-order valence-electron chi connectivity index (χ0n) is 35.3. The Morgan fingerprint density at radius 1 is 0.323 bits per heavy atom. The Balaban J connectivity index is 1.05. The van der Waals surface area contributed by atoms with E-state index >= 15 is 0 Å². The van der Waals surface area contributed by atoms with Crippen molar-refractivity contribution in [2.45, 2.75) is 20.6 Å². The standard InChI is InChI=1S/C62H39NOS/c1-2-17-40(18-3-1)41-33-35-42(36-34-41)63(43-37-38-49-46(39-43)44-19-4-6-21-47(44)61(49)52-25-10-14-31-58(52)65-59-32-15-11-26-53(59)61)55-28-16-27-54-60(55)45-20-5-7-22-48(45)62(54)50-23-8-12-29-56(50)64-57-30-13-9-24-51(57)62/h1-39H. The number of anilines is 3. The minimum absolute atomic E-state index is 0.450. The van der Waals surface area contributed by atoms with Crippen LogP contribution in [0.5, 0.6) is 11.5 Å². The Labute approximate surface area is 383 Å². The van der Waals surface area contributed by atoms with E-state index < -0.39 is 10.8 Å². The Hall–Kier alpha value is -7.85. The summed E-state index contributed by atoms with van der Waals surface area (Å²) in [7, 11) is 0. The maximum atomic E-state index is 6.71. The monoisotopic (exact) mass is 845 g/mol. The number of ether oxygens (including phenoxy) is 1. The first kappa shape index (κ1) is 36.6. The van der Waals surface area contributed by atoms with Gasteiger partial charge in [-0.1, -0.05) is 194 Å². The third-order valence-electron chi connectivity index (χ3n) is 14.4. The average Bonchev–Trinajstić information content (AvgIpc) is 3.83. The Morgan fingerprint density at radius 3 is 1.48 bits per heavy atom. The number of fused-ring (bicyclic) bond motifs is 18. The average molecular weight is 846 g/mol. The maximum absolute atomic E-state index is 6.71. The SMILES string of the molecule is c1ccc(-c2ccc(N(c3ccc4c(c3)-c3ccccc3C43c4ccccc4Sc4ccccc43)c3cccc4c3-c3ccccc3C43c4ccccc4Oc4ccccc43)cc2)cc1. The van der Waals surface area contributed by atoms with Crippen LogP contribution < -0.4 is 9.64 Å². The first-order valence-corrected chi connectivity index (χ1v) is 23.2. The minimum Gasteiger partial charge on any atom is -0.457 e. The molecule has 2 nitrogen and oxygen atoms in total. The molecule has 4 aliphatic rings. The van der Waals surface area contributed by atoms with E-state index in [-0.39, 0.29) is 0 Å². The van der Waals surface area contributed by atoms with Gasteiger partial charge in [-0.2, -0.15) is 0 Å². The van der Waals surface area contributed by atoms with Crippen LogP contribution in [0.1, 0.15) is 44.5 Å². The van der Waals surface area contributed by atoms with Gasteiger partial charge >= 0.3 is 0 Å². The number of hydrogen-bond donors (Lipinski definition) is 0. The predicted octanol–water partition coefficient (Wildman–Crippen LogP) is 16.1. The summed E-state index contributed by atoms with van der Waals surface area (Å²) in [6, 6.07) is 87.5. The lowest BCUT2D eigenvalue weighted by molar-refractivity contribution is 0.436. The van der Waals surface area contributed by atoms with Crippen LogP contribution in [0.25, 0.3) is 33.4 Å². The smallest absolute Gasteiger partial charge is 0.132 e. The molecule has 0 aromatic heterocycles. The second-order valence-corrected chi connectivity index (χ2v) is 18.5. The van der Waals surface area contributed by atoms with Crippen LogP contribution in [-0.4, -0.2) is 0 Å². The number of rotatable bonds is 4. The molecule has 0 fully saturated rings. The van der Waals surface area contributed by atoms with E-state index in [1.54, 1.807) is 0 Å². The highest BCUT2D eigenvalue weighted by Gasteiger charge is 2.53.